The van der Waals surface area contributed by atoms with E-state index in [4.69, 9.17) is 22.0 Å². The first-order valence-electron chi connectivity index (χ1n) is 10.6. The van der Waals surface area contributed by atoms with Crippen molar-refractivity contribution in [3.05, 3.63) is 77.0 Å². The summed E-state index contributed by atoms with van der Waals surface area (Å²) in [6.07, 6.45) is -0.450. The zero-order chi connectivity index (χ0) is 24.6. The summed E-state index contributed by atoms with van der Waals surface area (Å²) in [5.41, 5.74) is 13.4. The second-order valence-electron chi connectivity index (χ2n) is 6.58. The number of nitrogens with zero attached hydrogens (tertiary/aromatic N) is 1. The maximum absolute atomic E-state index is 12.2. The third kappa shape index (κ3) is 10.7. The van der Waals surface area contributed by atoms with E-state index in [0.717, 1.165) is 42.4 Å². The lowest BCUT2D eigenvalue weighted by Crippen LogP contribution is -2.33. The molecule has 0 saturated carbocycles. The van der Waals surface area contributed by atoms with Crippen LogP contribution in [-0.2, 0) is 23.9 Å². The first kappa shape index (κ1) is 29.5. The predicted molar refractivity (Wildman–Crippen MR) is 126 cm³/mol. The number of hydrazine groups is 1. The molecule has 0 aliphatic heterocycles. The number of hydrogen-bond donors (Lipinski definition) is 3. The summed E-state index contributed by atoms with van der Waals surface area (Å²) in [5, 5.41) is 1.74. The molecule has 0 aliphatic carbocycles. The maximum Gasteiger partial charge on any atom is 0.416 e. The Morgan fingerprint density at radius 3 is 2.06 bits per heavy atom. The number of halogens is 3. The molecule has 6 N–H and O–H groups in total. The minimum absolute atomic E-state index is 0.0876. The maximum atomic E-state index is 12.2. The first-order chi connectivity index (χ1) is 15.2. The van der Waals surface area contributed by atoms with Crippen molar-refractivity contribution in [2.24, 2.45) is 11.6 Å². The third-order valence-electron chi connectivity index (χ3n) is 4.28. The van der Waals surface area contributed by atoms with Crippen LogP contribution in [0.15, 0.2) is 60.3 Å². The molecule has 5 nitrogen and oxygen atoms in total. The Bertz CT molecular complexity index is 795. The highest BCUT2D eigenvalue weighted by Crippen LogP contribution is 2.31. The van der Waals surface area contributed by atoms with E-state index in [1.165, 1.54) is 18.2 Å². The molecule has 0 aromatic heterocycles. The van der Waals surface area contributed by atoms with Gasteiger partial charge in [0.1, 0.15) is 0 Å². The molecule has 0 bridgehead atoms. The first-order valence-corrected chi connectivity index (χ1v) is 10.6. The van der Waals surface area contributed by atoms with Gasteiger partial charge in [-0.1, -0.05) is 63.2 Å². The molecule has 32 heavy (non-hydrogen) atoms. The smallest absolute Gasteiger partial charge is 0.398 e. The molecule has 2 aromatic rings. The summed E-state index contributed by atoms with van der Waals surface area (Å²) >= 11 is 0. The van der Waals surface area contributed by atoms with Crippen LogP contribution in [0.5, 0.6) is 0 Å². The number of methoxy groups -OCH3 is 1. The van der Waals surface area contributed by atoms with Gasteiger partial charge in [0.25, 0.3) is 0 Å². The SMILES string of the molecule is CC.CCCN(N)/C(=C\Cc1ccccc1N)COC.NCc1ccccc1C(F)(F)F. The van der Waals surface area contributed by atoms with E-state index in [-0.39, 0.29) is 12.1 Å². The number of nitrogens with two attached hydrogens (primary N) is 3. The van der Waals surface area contributed by atoms with Crippen LogP contribution in [0.3, 0.4) is 0 Å². The van der Waals surface area contributed by atoms with Crippen LogP contribution in [0, 0.1) is 0 Å². The van der Waals surface area contributed by atoms with Gasteiger partial charge in [-0.05, 0) is 36.1 Å². The Kier molecular flexibility index (Phi) is 14.8. The van der Waals surface area contributed by atoms with E-state index in [9.17, 15) is 13.2 Å². The Morgan fingerprint density at radius 2 is 1.59 bits per heavy atom. The zero-order valence-corrected chi connectivity index (χ0v) is 19.5. The van der Waals surface area contributed by atoms with E-state index in [1.807, 2.05) is 38.1 Å². The van der Waals surface area contributed by atoms with E-state index >= 15 is 0 Å². The van der Waals surface area contributed by atoms with Crippen molar-refractivity contribution in [1.29, 1.82) is 0 Å². The molecule has 0 saturated heterocycles. The van der Waals surface area contributed by atoms with Gasteiger partial charge in [0.2, 0.25) is 0 Å². The topological polar surface area (TPSA) is 90.5 Å². The van der Waals surface area contributed by atoms with Crippen molar-refractivity contribution in [2.75, 3.05) is 26.0 Å². The summed E-state index contributed by atoms with van der Waals surface area (Å²) in [6, 6.07) is 13.2. The number of alkyl halides is 3. The Hall–Kier alpha value is -2.55. The fourth-order valence-corrected chi connectivity index (χ4v) is 2.71. The van der Waals surface area contributed by atoms with Crippen LogP contribution >= 0.6 is 0 Å². The third-order valence-corrected chi connectivity index (χ3v) is 4.28. The lowest BCUT2D eigenvalue weighted by molar-refractivity contribution is -0.138. The lowest BCUT2D eigenvalue weighted by atomic mass is 10.1. The van der Waals surface area contributed by atoms with Crippen molar-refractivity contribution in [2.45, 2.75) is 46.3 Å². The average molecular weight is 455 g/mol. The molecule has 0 fully saturated rings. The van der Waals surface area contributed by atoms with Crippen molar-refractivity contribution in [3.8, 4) is 0 Å². The van der Waals surface area contributed by atoms with Crippen molar-refractivity contribution >= 4 is 5.69 Å². The van der Waals surface area contributed by atoms with Crippen LogP contribution in [-0.4, -0.2) is 25.3 Å². The number of benzene rings is 2. The Balaban J connectivity index is 0.000000595. The molecule has 2 rings (SSSR count). The van der Waals surface area contributed by atoms with Crippen LogP contribution in [0.1, 0.15) is 43.9 Å². The van der Waals surface area contributed by atoms with Crippen LogP contribution in [0.4, 0.5) is 18.9 Å². The number of hydrogen-bond acceptors (Lipinski definition) is 5. The van der Waals surface area contributed by atoms with E-state index < -0.39 is 11.7 Å². The minimum atomic E-state index is -4.30. The number of para-hydroxylation sites is 1. The van der Waals surface area contributed by atoms with E-state index in [0.29, 0.717) is 6.61 Å². The van der Waals surface area contributed by atoms with E-state index in [2.05, 4.69) is 13.0 Å². The van der Waals surface area contributed by atoms with Gasteiger partial charge in [-0.25, -0.2) is 5.84 Å². The molecule has 0 atom stereocenters. The molecule has 0 heterocycles. The zero-order valence-electron chi connectivity index (χ0n) is 19.5. The monoisotopic (exact) mass is 454 g/mol. The molecular weight excluding hydrogens is 417 g/mol. The predicted octanol–water partition coefficient (Wildman–Crippen LogP) is 5.12. The number of allylic oxidation sites excluding steroid dienone is 1. The van der Waals surface area contributed by atoms with Gasteiger partial charge in [-0.15, -0.1) is 0 Å². The van der Waals surface area contributed by atoms with Gasteiger partial charge >= 0.3 is 6.18 Å². The van der Waals surface area contributed by atoms with E-state index in [1.54, 1.807) is 12.1 Å². The molecule has 2 aromatic carbocycles. The molecule has 8 heteroatoms. The number of ether oxygens (including phenoxy) is 1. The molecular formula is C24H37F3N4O. The summed E-state index contributed by atoms with van der Waals surface area (Å²) < 4.78 is 41.7. The van der Waals surface area contributed by atoms with Crippen molar-refractivity contribution < 1.29 is 17.9 Å². The molecule has 0 aliphatic rings. The summed E-state index contributed by atoms with van der Waals surface area (Å²) in [4.78, 5) is 0. The van der Waals surface area contributed by atoms with Gasteiger partial charge in [0.15, 0.2) is 0 Å². The fraction of sp³-hybridized carbons (Fsp3) is 0.417. The fourth-order valence-electron chi connectivity index (χ4n) is 2.71. The Labute approximate surface area is 190 Å². The second kappa shape index (κ2) is 16.1. The molecule has 0 unspecified atom stereocenters. The molecule has 0 amide bonds. The molecule has 0 spiro atoms. The summed E-state index contributed by atoms with van der Waals surface area (Å²) in [7, 11) is 1.67. The summed E-state index contributed by atoms with van der Waals surface area (Å²) in [6.45, 7) is 7.35. The Morgan fingerprint density at radius 1 is 1.03 bits per heavy atom. The minimum Gasteiger partial charge on any atom is -0.398 e. The molecule has 180 valence electrons. The highest BCUT2D eigenvalue weighted by molar-refractivity contribution is 5.47. The normalized spacial score (nSPS) is 11.1. The highest BCUT2D eigenvalue weighted by atomic mass is 19.4. The number of anilines is 1. The number of rotatable bonds is 8. The number of nitrogen functional groups attached to an aromatic ring is 1. The second-order valence-corrected chi connectivity index (χ2v) is 6.58. The van der Waals surface area contributed by atoms with Crippen LogP contribution in [0.2, 0.25) is 0 Å². The largest absolute Gasteiger partial charge is 0.416 e. The highest BCUT2D eigenvalue weighted by Gasteiger charge is 2.32. The summed E-state index contributed by atoms with van der Waals surface area (Å²) in [5.74, 6) is 5.97. The standard InChI is InChI=1S/C14H23N3O.C8H8F3N.C2H6/c1-3-10-17(16)13(11-18-2)9-8-12-6-4-5-7-14(12)15;9-8(10,11)7-4-2-1-3-6(7)5-12;1-2/h4-7,9H,3,8,10-11,15-16H2,1-2H3;1-4H,5,12H2;1-2H3/b13-9-;;. The van der Waals surface area contributed by atoms with Crippen molar-refractivity contribution in [3.63, 3.8) is 0 Å². The van der Waals surface area contributed by atoms with Crippen LogP contribution < -0.4 is 17.3 Å². The van der Waals surface area contributed by atoms with Gasteiger partial charge in [-0.2, -0.15) is 13.2 Å². The van der Waals surface area contributed by atoms with Crippen LogP contribution in [0.25, 0.3) is 0 Å². The van der Waals surface area contributed by atoms with Gasteiger partial charge in [-0.3, -0.25) is 0 Å². The van der Waals surface area contributed by atoms with Crippen molar-refractivity contribution in [1.82, 2.24) is 5.01 Å². The van der Waals surface area contributed by atoms with Gasteiger partial charge in [0, 0.05) is 25.9 Å². The average Bonchev–Trinajstić information content (AvgIpc) is 2.79. The quantitative estimate of drug-likeness (QED) is 0.293. The van der Waals surface area contributed by atoms with Gasteiger partial charge in [0.05, 0.1) is 17.9 Å². The van der Waals surface area contributed by atoms with Gasteiger partial charge < -0.3 is 21.2 Å². The lowest BCUT2D eigenvalue weighted by Gasteiger charge is -2.21. The molecule has 0 radical (unpaired) electrons.